The van der Waals surface area contributed by atoms with Gasteiger partial charge < -0.3 is 14.8 Å². The second-order valence-corrected chi connectivity index (χ2v) is 7.80. The molecule has 1 aliphatic rings. The molecule has 14 nitrogen and oxygen atoms in total. The minimum absolute atomic E-state index is 0.0875. The van der Waals surface area contributed by atoms with Gasteiger partial charge >= 0.3 is 12.2 Å². The zero-order chi connectivity index (χ0) is 25.9. The molecule has 0 radical (unpaired) electrons. The van der Waals surface area contributed by atoms with Crippen LogP contribution in [0.15, 0.2) is 53.5 Å². The number of non-ortho nitro benzene ring substituents is 2. The average Bonchev–Trinajstić information content (AvgIpc) is 3.39. The van der Waals surface area contributed by atoms with Crippen molar-refractivity contribution in [3.63, 3.8) is 0 Å². The molecule has 1 aliphatic heterocycles. The highest BCUT2D eigenvalue weighted by Gasteiger charge is 2.17. The Morgan fingerprint density at radius 3 is 1.75 bits per heavy atom. The zero-order valence-corrected chi connectivity index (χ0v) is 19.0. The molecule has 2 aromatic rings. The Morgan fingerprint density at radius 2 is 1.36 bits per heavy atom. The molecule has 0 aliphatic carbocycles. The molecule has 1 fully saturated rings. The number of aliphatic imine (C=N–C) groups is 1. The number of amides is 2. The molecule has 3 rings (SSSR count). The van der Waals surface area contributed by atoms with Gasteiger partial charge in [0.05, 0.1) is 9.85 Å². The number of nitrogens with zero attached hydrogens (tertiary/aromatic N) is 3. The quantitative estimate of drug-likeness (QED) is 0.212. The van der Waals surface area contributed by atoms with Gasteiger partial charge in [-0.1, -0.05) is 0 Å². The van der Waals surface area contributed by atoms with Crippen LogP contribution in [0.4, 0.5) is 21.0 Å². The van der Waals surface area contributed by atoms with Crippen molar-refractivity contribution < 1.29 is 28.9 Å². The van der Waals surface area contributed by atoms with E-state index in [-0.39, 0.29) is 36.5 Å². The molecule has 0 unspecified atom stereocenters. The molecule has 0 bridgehead atoms. The number of rotatable bonds is 8. The summed E-state index contributed by atoms with van der Waals surface area (Å²) >= 11 is 0. The van der Waals surface area contributed by atoms with Gasteiger partial charge in [0.25, 0.3) is 11.4 Å². The Hall–Kier alpha value is -4.59. The number of hydrogen-bond acceptors (Lipinski definition) is 10. The first-order valence-electron chi connectivity index (χ1n) is 10.9. The third-order valence-electron chi connectivity index (χ3n) is 5.15. The molecule has 36 heavy (non-hydrogen) atoms. The maximum absolute atomic E-state index is 12.3. The summed E-state index contributed by atoms with van der Waals surface area (Å²) in [6, 6.07) is 11.0. The average molecular weight is 500 g/mol. The molecule has 1 atom stereocenters. The second kappa shape index (κ2) is 12.8. The summed E-state index contributed by atoms with van der Waals surface area (Å²) in [5.41, 5.74) is 0.884. The fourth-order valence-corrected chi connectivity index (χ4v) is 3.19. The molecule has 14 heteroatoms. The van der Waals surface area contributed by atoms with Crippen LogP contribution < -0.4 is 16.0 Å². The number of nitrogens with one attached hydrogen (secondary N) is 3. The van der Waals surface area contributed by atoms with Crippen molar-refractivity contribution in [2.24, 2.45) is 10.9 Å². The number of nitro groups is 2. The first kappa shape index (κ1) is 26.0. The topological polar surface area (TPSA) is 187 Å². The molecular weight excluding hydrogens is 476 g/mol. The number of ether oxygens (including phenoxy) is 2. The Morgan fingerprint density at radius 1 is 0.889 bits per heavy atom. The summed E-state index contributed by atoms with van der Waals surface area (Å²) in [5, 5.41) is 29.4. The van der Waals surface area contributed by atoms with Crippen LogP contribution in [0, 0.1) is 26.1 Å². The van der Waals surface area contributed by atoms with Gasteiger partial charge in [0.15, 0.2) is 0 Å². The number of alkyl carbamates (subject to hydrolysis) is 2. The normalized spacial score (nSPS) is 14.4. The van der Waals surface area contributed by atoms with Gasteiger partial charge in [0.1, 0.15) is 13.2 Å². The molecule has 0 saturated carbocycles. The molecular formula is C22H24N6O8. The van der Waals surface area contributed by atoms with Crippen LogP contribution >= 0.6 is 0 Å². The zero-order valence-electron chi connectivity index (χ0n) is 19.0. The number of hydrogen-bond donors (Lipinski definition) is 3. The summed E-state index contributed by atoms with van der Waals surface area (Å²) in [6.45, 7) is 1.63. The number of guanidine groups is 1. The third-order valence-corrected chi connectivity index (χ3v) is 5.15. The Labute approximate surface area is 205 Å². The number of carbonyl (C=O) groups excluding carboxylic acids is 2. The highest BCUT2D eigenvalue weighted by Crippen LogP contribution is 2.13. The van der Waals surface area contributed by atoms with Gasteiger partial charge in [-0.25, -0.2) is 9.59 Å². The van der Waals surface area contributed by atoms with Gasteiger partial charge in [-0.05, 0) is 60.8 Å². The van der Waals surface area contributed by atoms with Gasteiger partial charge in [0.2, 0.25) is 5.96 Å². The maximum Gasteiger partial charge on any atom is 0.414 e. The molecule has 2 amide bonds. The first-order chi connectivity index (χ1) is 17.3. The predicted octanol–water partition coefficient (Wildman–Crippen LogP) is 2.62. The fraction of sp³-hybridized carbons (Fsp3) is 0.318. The van der Waals surface area contributed by atoms with Crippen LogP contribution in [-0.2, 0) is 22.7 Å². The summed E-state index contributed by atoms with van der Waals surface area (Å²) < 4.78 is 10.2. The molecule has 0 spiro atoms. The molecule has 1 heterocycles. The Balaban J connectivity index is 1.54. The standard InChI is InChI=1S/C22H24N6O8/c29-21(35-13-15-1-5-18(6-2-15)27(31)32)25-20(24-12-17-9-10-23-11-17)26-22(30)36-14-16-3-7-19(8-4-16)28(33)34/h1-8,17,23H,9-14H2,(H2,24,25,26,29,30)/t17-/m0/s1. The van der Waals surface area contributed by atoms with Crippen LogP contribution in [0.3, 0.4) is 0 Å². The summed E-state index contributed by atoms with van der Waals surface area (Å²) in [6.07, 6.45) is -0.897. The number of benzene rings is 2. The van der Waals surface area contributed by atoms with Crippen LogP contribution in [-0.4, -0.2) is 47.6 Å². The summed E-state index contributed by atoms with van der Waals surface area (Å²) in [7, 11) is 0. The minimum atomic E-state index is -0.896. The highest BCUT2D eigenvalue weighted by atomic mass is 16.6. The van der Waals surface area contributed by atoms with Crippen LogP contribution in [0.25, 0.3) is 0 Å². The fourth-order valence-electron chi connectivity index (χ4n) is 3.19. The third kappa shape index (κ3) is 8.32. The Bertz CT molecular complexity index is 1040. The van der Waals surface area contributed by atoms with Gasteiger partial charge in [-0.2, -0.15) is 0 Å². The van der Waals surface area contributed by atoms with E-state index in [4.69, 9.17) is 9.47 Å². The van der Waals surface area contributed by atoms with E-state index in [1.807, 2.05) is 0 Å². The van der Waals surface area contributed by atoms with Gasteiger partial charge in [-0.3, -0.25) is 35.9 Å². The second-order valence-electron chi connectivity index (χ2n) is 7.80. The monoisotopic (exact) mass is 500 g/mol. The number of nitro benzene ring substituents is 2. The van der Waals surface area contributed by atoms with E-state index in [1.165, 1.54) is 48.5 Å². The van der Waals surface area contributed by atoms with Crippen molar-refractivity contribution in [3.8, 4) is 0 Å². The van der Waals surface area contributed by atoms with Crippen LogP contribution in [0.1, 0.15) is 17.5 Å². The van der Waals surface area contributed by atoms with Crippen molar-refractivity contribution in [1.29, 1.82) is 0 Å². The maximum atomic E-state index is 12.3. The molecule has 2 aromatic carbocycles. The van der Waals surface area contributed by atoms with Crippen molar-refractivity contribution in [2.45, 2.75) is 19.6 Å². The smallest absolute Gasteiger partial charge is 0.414 e. The van der Waals surface area contributed by atoms with Crippen LogP contribution in [0.2, 0.25) is 0 Å². The van der Waals surface area contributed by atoms with E-state index in [2.05, 4.69) is 20.9 Å². The van der Waals surface area contributed by atoms with Crippen molar-refractivity contribution in [3.05, 3.63) is 79.9 Å². The lowest BCUT2D eigenvalue weighted by Gasteiger charge is -2.13. The lowest BCUT2D eigenvalue weighted by atomic mass is 10.1. The van der Waals surface area contributed by atoms with E-state index in [0.717, 1.165) is 19.5 Å². The van der Waals surface area contributed by atoms with Gasteiger partial charge in [-0.15, -0.1) is 0 Å². The molecule has 3 N–H and O–H groups in total. The largest absolute Gasteiger partial charge is 0.444 e. The van der Waals surface area contributed by atoms with E-state index < -0.39 is 22.0 Å². The summed E-state index contributed by atoms with van der Waals surface area (Å²) in [4.78, 5) is 49.2. The lowest BCUT2D eigenvalue weighted by Crippen LogP contribution is -2.44. The van der Waals surface area contributed by atoms with E-state index >= 15 is 0 Å². The highest BCUT2D eigenvalue weighted by molar-refractivity contribution is 6.01. The van der Waals surface area contributed by atoms with E-state index in [1.54, 1.807) is 0 Å². The SMILES string of the molecule is O=C(NC(=NC[C@H]1CCNC1)NC(=O)OCc1ccc([N+](=O)[O-])cc1)OCc1ccc([N+](=O)[O-])cc1. The van der Waals surface area contributed by atoms with E-state index in [0.29, 0.717) is 17.7 Å². The van der Waals surface area contributed by atoms with E-state index in [9.17, 15) is 29.8 Å². The van der Waals surface area contributed by atoms with Crippen molar-refractivity contribution in [2.75, 3.05) is 19.6 Å². The van der Waals surface area contributed by atoms with Crippen molar-refractivity contribution in [1.82, 2.24) is 16.0 Å². The lowest BCUT2D eigenvalue weighted by molar-refractivity contribution is -0.385. The number of carbonyl (C=O) groups is 2. The minimum Gasteiger partial charge on any atom is -0.444 e. The Kier molecular flexibility index (Phi) is 9.22. The summed E-state index contributed by atoms with van der Waals surface area (Å²) in [5.74, 6) is 0.0696. The molecule has 1 saturated heterocycles. The molecule has 190 valence electrons. The predicted molar refractivity (Wildman–Crippen MR) is 126 cm³/mol. The first-order valence-corrected chi connectivity index (χ1v) is 10.9. The molecule has 0 aromatic heterocycles. The van der Waals surface area contributed by atoms with Crippen LogP contribution in [0.5, 0.6) is 0 Å². The van der Waals surface area contributed by atoms with Gasteiger partial charge in [0, 0.05) is 30.8 Å². The van der Waals surface area contributed by atoms with Crippen molar-refractivity contribution >= 4 is 29.5 Å².